The number of hydrogen-bond acceptors (Lipinski definition) is 4. The van der Waals surface area contributed by atoms with Gasteiger partial charge >= 0.3 is 0 Å². The normalized spacial score (nSPS) is 14.9. The molecule has 0 aliphatic carbocycles. The Hall–Kier alpha value is -3.65. The van der Waals surface area contributed by atoms with Crippen molar-refractivity contribution in [3.63, 3.8) is 0 Å². The zero-order chi connectivity index (χ0) is 21.3. The van der Waals surface area contributed by atoms with Crippen molar-refractivity contribution in [2.24, 2.45) is 4.99 Å². The van der Waals surface area contributed by atoms with Crippen LogP contribution in [0.15, 0.2) is 88.0 Å². The first-order chi connectivity index (χ1) is 14.4. The Balaban J connectivity index is 1.85. The van der Waals surface area contributed by atoms with Crippen LogP contribution in [0, 0.1) is 15.9 Å². The quantitative estimate of drug-likeness (QED) is 0.296. The van der Waals surface area contributed by atoms with Crippen LogP contribution in [-0.4, -0.2) is 16.7 Å². The lowest BCUT2D eigenvalue weighted by atomic mass is 10.1. The maximum Gasteiger partial charge on any atom is 0.282 e. The summed E-state index contributed by atoms with van der Waals surface area (Å²) in [5.41, 5.74) is 1.30. The Bertz CT molecular complexity index is 1210. The maximum atomic E-state index is 13.4. The van der Waals surface area contributed by atoms with Crippen molar-refractivity contribution < 1.29 is 14.1 Å². The number of amides is 1. The summed E-state index contributed by atoms with van der Waals surface area (Å²) >= 11 is 3.36. The van der Waals surface area contributed by atoms with E-state index in [2.05, 4.69) is 20.9 Å². The molecule has 1 aliphatic rings. The lowest BCUT2D eigenvalue weighted by molar-refractivity contribution is -0.385. The molecule has 6 nitrogen and oxygen atoms in total. The molecule has 0 saturated carbocycles. The molecule has 0 N–H and O–H groups in total. The van der Waals surface area contributed by atoms with Gasteiger partial charge in [0.25, 0.3) is 11.6 Å². The summed E-state index contributed by atoms with van der Waals surface area (Å²) in [5, 5.41) is 11.3. The lowest BCUT2D eigenvalue weighted by Gasteiger charge is -2.18. The van der Waals surface area contributed by atoms with E-state index in [1.54, 1.807) is 42.5 Å². The molecular weight excluding hydrogens is 453 g/mol. The number of nitro groups is 1. The van der Waals surface area contributed by atoms with Crippen LogP contribution in [0.4, 0.5) is 15.8 Å². The van der Waals surface area contributed by atoms with Crippen molar-refractivity contribution in [2.45, 2.75) is 0 Å². The molecule has 4 rings (SSSR count). The van der Waals surface area contributed by atoms with E-state index in [9.17, 15) is 19.3 Å². The van der Waals surface area contributed by atoms with Crippen molar-refractivity contribution in [1.82, 2.24) is 0 Å². The summed E-state index contributed by atoms with van der Waals surface area (Å²) in [6.45, 7) is 0. The number of halogens is 2. The number of carbonyl (C=O) groups excluding carboxylic acids is 1. The standard InChI is InChI=1S/C22H13BrFN3O3/c23-16-7-11-18(12-8-16)26-21(14-5-9-17(24)10-6-14)25-19(22(26)28)13-15-3-1-2-4-20(15)27(29)30/h1-13H/b19-13+. The first-order valence-electron chi connectivity index (χ1n) is 8.84. The molecule has 0 unspecified atom stereocenters. The Morgan fingerprint density at radius 1 is 1.00 bits per heavy atom. The number of hydrogen-bond donors (Lipinski definition) is 0. The van der Waals surface area contributed by atoms with Gasteiger partial charge in [0.1, 0.15) is 17.3 Å². The zero-order valence-corrected chi connectivity index (χ0v) is 16.9. The first kappa shape index (κ1) is 19.7. The van der Waals surface area contributed by atoms with Crippen molar-refractivity contribution in [3.8, 4) is 0 Å². The van der Waals surface area contributed by atoms with E-state index in [0.717, 1.165) is 4.47 Å². The molecule has 0 radical (unpaired) electrons. The predicted octanol–water partition coefficient (Wildman–Crippen LogP) is 5.33. The molecule has 30 heavy (non-hydrogen) atoms. The van der Waals surface area contributed by atoms with Gasteiger partial charge in [-0.1, -0.05) is 28.1 Å². The minimum atomic E-state index is -0.511. The summed E-state index contributed by atoms with van der Waals surface area (Å²) < 4.78 is 14.2. The van der Waals surface area contributed by atoms with Crippen LogP contribution in [0.25, 0.3) is 6.08 Å². The number of nitro benzene ring substituents is 1. The van der Waals surface area contributed by atoms with Gasteiger partial charge in [0.15, 0.2) is 0 Å². The second kappa shape index (κ2) is 8.00. The highest BCUT2D eigenvalue weighted by Gasteiger charge is 2.33. The summed E-state index contributed by atoms with van der Waals surface area (Å²) in [6.07, 6.45) is 1.39. The molecule has 0 fully saturated rings. The molecule has 0 spiro atoms. The summed E-state index contributed by atoms with van der Waals surface area (Å²) in [4.78, 5) is 29.9. The highest BCUT2D eigenvalue weighted by molar-refractivity contribution is 9.10. The number of para-hydroxylation sites is 1. The molecule has 0 aromatic heterocycles. The van der Waals surface area contributed by atoms with Crippen molar-refractivity contribution in [1.29, 1.82) is 0 Å². The van der Waals surface area contributed by atoms with E-state index in [-0.39, 0.29) is 16.9 Å². The highest BCUT2D eigenvalue weighted by atomic mass is 79.9. The van der Waals surface area contributed by atoms with E-state index in [1.165, 1.54) is 41.3 Å². The number of aliphatic imine (C=N–C) groups is 1. The Kier molecular flexibility index (Phi) is 5.24. The van der Waals surface area contributed by atoms with E-state index in [1.807, 2.05) is 0 Å². The largest absolute Gasteiger partial charge is 0.282 e. The molecule has 3 aromatic rings. The van der Waals surface area contributed by atoms with Gasteiger partial charge in [-0.05, 0) is 60.7 Å². The SMILES string of the molecule is O=C1/C(=C\c2ccccc2[N+](=O)[O-])N=C(c2ccc(F)cc2)N1c1ccc(Br)cc1. The molecule has 148 valence electrons. The topological polar surface area (TPSA) is 75.8 Å². The fraction of sp³-hybridized carbons (Fsp3) is 0. The van der Waals surface area contributed by atoms with Gasteiger partial charge in [-0.15, -0.1) is 0 Å². The maximum absolute atomic E-state index is 13.4. The molecular formula is C22H13BrFN3O3. The van der Waals surface area contributed by atoms with Gasteiger partial charge in [0.2, 0.25) is 0 Å². The third-order valence-electron chi connectivity index (χ3n) is 4.47. The second-order valence-corrected chi connectivity index (χ2v) is 7.32. The number of rotatable bonds is 4. The van der Waals surface area contributed by atoms with Crippen molar-refractivity contribution >= 4 is 45.1 Å². The van der Waals surface area contributed by atoms with Gasteiger partial charge in [0.05, 0.1) is 16.2 Å². The molecule has 3 aromatic carbocycles. The average molecular weight is 466 g/mol. The van der Waals surface area contributed by atoms with Gasteiger partial charge in [-0.2, -0.15) is 0 Å². The molecule has 0 atom stereocenters. The number of nitrogens with zero attached hydrogens (tertiary/aromatic N) is 3. The molecule has 8 heteroatoms. The van der Waals surface area contributed by atoms with E-state index < -0.39 is 16.6 Å². The first-order valence-corrected chi connectivity index (χ1v) is 9.63. The zero-order valence-electron chi connectivity index (χ0n) is 15.3. The van der Waals surface area contributed by atoms with Crippen LogP contribution in [-0.2, 0) is 4.79 Å². The lowest BCUT2D eigenvalue weighted by Crippen LogP contribution is -2.32. The fourth-order valence-corrected chi connectivity index (χ4v) is 3.33. The van der Waals surface area contributed by atoms with Crippen molar-refractivity contribution in [3.05, 3.63) is 110 Å². The molecule has 0 bridgehead atoms. The number of benzene rings is 3. The summed E-state index contributed by atoms with van der Waals surface area (Å²) in [7, 11) is 0. The van der Waals surface area contributed by atoms with Crippen LogP contribution >= 0.6 is 15.9 Å². The third kappa shape index (κ3) is 3.77. The van der Waals surface area contributed by atoms with Crippen LogP contribution in [0.1, 0.15) is 11.1 Å². The Labute approximate surface area is 179 Å². The number of carbonyl (C=O) groups is 1. The number of amidine groups is 1. The van der Waals surface area contributed by atoms with Crippen molar-refractivity contribution in [2.75, 3.05) is 4.90 Å². The predicted molar refractivity (Wildman–Crippen MR) is 116 cm³/mol. The van der Waals surface area contributed by atoms with Crippen LogP contribution in [0.5, 0.6) is 0 Å². The van der Waals surface area contributed by atoms with Crippen LogP contribution in [0.3, 0.4) is 0 Å². The molecule has 1 amide bonds. The fourth-order valence-electron chi connectivity index (χ4n) is 3.06. The summed E-state index contributed by atoms with van der Waals surface area (Å²) in [5.74, 6) is -0.531. The monoisotopic (exact) mass is 465 g/mol. The average Bonchev–Trinajstić information content (AvgIpc) is 3.05. The van der Waals surface area contributed by atoms with Gasteiger partial charge in [0, 0.05) is 16.1 Å². The molecule has 0 saturated heterocycles. The molecule has 1 aliphatic heterocycles. The summed E-state index contributed by atoms with van der Waals surface area (Å²) in [6, 6.07) is 18.8. The van der Waals surface area contributed by atoms with Gasteiger partial charge in [-0.25, -0.2) is 9.38 Å². The van der Waals surface area contributed by atoms with E-state index in [0.29, 0.717) is 17.1 Å². The number of anilines is 1. The minimum absolute atomic E-state index is 0.0477. The Morgan fingerprint density at radius 2 is 1.67 bits per heavy atom. The third-order valence-corrected chi connectivity index (χ3v) is 5.00. The second-order valence-electron chi connectivity index (χ2n) is 6.40. The van der Waals surface area contributed by atoms with E-state index >= 15 is 0 Å². The van der Waals surface area contributed by atoms with E-state index in [4.69, 9.17) is 0 Å². The molecule has 1 heterocycles. The minimum Gasteiger partial charge on any atom is -0.266 e. The van der Waals surface area contributed by atoms with Gasteiger partial charge < -0.3 is 0 Å². The van der Waals surface area contributed by atoms with Crippen LogP contribution in [0.2, 0.25) is 0 Å². The Morgan fingerprint density at radius 3 is 2.33 bits per heavy atom. The van der Waals surface area contributed by atoms with Crippen LogP contribution < -0.4 is 4.90 Å². The highest BCUT2D eigenvalue weighted by Crippen LogP contribution is 2.30. The van der Waals surface area contributed by atoms with Gasteiger partial charge in [-0.3, -0.25) is 19.8 Å². The smallest absolute Gasteiger partial charge is 0.266 e.